The lowest BCUT2D eigenvalue weighted by Crippen LogP contribution is -2.12. The van der Waals surface area contributed by atoms with Crippen LogP contribution in [0, 0.1) is 0 Å². The first-order valence-electron chi connectivity index (χ1n) is 4.56. The Bertz CT molecular complexity index is 508. The monoisotopic (exact) mass is 218 g/mol. The van der Waals surface area contributed by atoms with Crippen molar-refractivity contribution in [2.45, 2.75) is 0 Å². The van der Waals surface area contributed by atoms with E-state index in [2.05, 4.69) is 15.5 Å². The molecule has 0 radical (unpaired) electrons. The van der Waals surface area contributed by atoms with Crippen LogP contribution in [0.1, 0.15) is 10.4 Å². The van der Waals surface area contributed by atoms with Gasteiger partial charge in [-0.1, -0.05) is 6.07 Å². The Balaban J connectivity index is 2.24. The number of nitrogen functional groups attached to an aromatic ring is 1. The summed E-state index contributed by atoms with van der Waals surface area (Å²) in [6, 6.07) is 6.19. The average Bonchev–Trinajstić information content (AvgIpc) is 2.74. The van der Waals surface area contributed by atoms with Crippen LogP contribution in [0.15, 0.2) is 30.5 Å². The third-order valence-corrected chi connectivity index (χ3v) is 2.06. The van der Waals surface area contributed by atoms with E-state index in [9.17, 15) is 9.90 Å². The quantitative estimate of drug-likeness (QED) is 0.445. The van der Waals surface area contributed by atoms with Crippen molar-refractivity contribution in [3.63, 3.8) is 0 Å². The molecule has 0 unspecified atom stereocenters. The van der Waals surface area contributed by atoms with Gasteiger partial charge in [0.25, 0.3) is 5.91 Å². The van der Waals surface area contributed by atoms with Gasteiger partial charge >= 0.3 is 0 Å². The van der Waals surface area contributed by atoms with Crippen LogP contribution in [0.25, 0.3) is 0 Å². The molecule has 5 N–H and O–H groups in total. The number of aromatic amines is 1. The van der Waals surface area contributed by atoms with Gasteiger partial charge in [0.05, 0.1) is 17.4 Å². The Kier molecular flexibility index (Phi) is 2.47. The molecule has 1 amide bonds. The van der Waals surface area contributed by atoms with Gasteiger partial charge in [0.1, 0.15) is 5.82 Å². The third kappa shape index (κ3) is 1.81. The van der Waals surface area contributed by atoms with Crippen LogP contribution < -0.4 is 11.1 Å². The predicted molar refractivity (Wildman–Crippen MR) is 59.1 cm³/mol. The average molecular weight is 218 g/mol. The fourth-order valence-electron chi connectivity index (χ4n) is 1.26. The summed E-state index contributed by atoms with van der Waals surface area (Å²) in [5.41, 5.74) is 5.77. The minimum atomic E-state index is -0.450. The molecule has 1 heterocycles. The molecule has 0 aliphatic carbocycles. The normalized spacial score (nSPS) is 10.0. The van der Waals surface area contributed by atoms with Crippen molar-refractivity contribution in [2.24, 2.45) is 0 Å². The molecule has 6 heteroatoms. The Morgan fingerprint density at radius 2 is 2.25 bits per heavy atom. The Labute approximate surface area is 91.1 Å². The number of nitrogens with two attached hydrogens (primary N) is 1. The molecule has 0 fully saturated rings. The number of anilines is 2. The zero-order valence-corrected chi connectivity index (χ0v) is 8.27. The van der Waals surface area contributed by atoms with E-state index in [-0.39, 0.29) is 17.0 Å². The first-order valence-corrected chi connectivity index (χ1v) is 4.56. The number of nitrogens with zero attached hydrogens (tertiary/aromatic N) is 1. The number of para-hydroxylation sites is 1. The van der Waals surface area contributed by atoms with E-state index in [1.807, 2.05) is 0 Å². The van der Waals surface area contributed by atoms with Crippen LogP contribution in [-0.2, 0) is 0 Å². The first kappa shape index (κ1) is 10.0. The molecule has 0 aliphatic heterocycles. The second-order valence-corrected chi connectivity index (χ2v) is 3.17. The first-order chi connectivity index (χ1) is 7.68. The summed E-state index contributed by atoms with van der Waals surface area (Å²) in [5, 5.41) is 18.4. The molecule has 16 heavy (non-hydrogen) atoms. The topological polar surface area (TPSA) is 104 Å². The van der Waals surface area contributed by atoms with E-state index in [0.29, 0.717) is 5.82 Å². The molecule has 1 aromatic carbocycles. The van der Waals surface area contributed by atoms with E-state index in [1.165, 1.54) is 18.3 Å². The van der Waals surface area contributed by atoms with Crippen LogP contribution in [0.2, 0.25) is 0 Å². The molecule has 6 nitrogen and oxygen atoms in total. The van der Waals surface area contributed by atoms with E-state index in [0.717, 1.165) is 0 Å². The van der Waals surface area contributed by atoms with Crippen molar-refractivity contribution in [3.05, 3.63) is 36.0 Å². The summed E-state index contributed by atoms with van der Waals surface area (Å²) in [4.78, 5) is 11.7. The lowest BCUT2D eigenvalue weighted by Gasteiger charge is -2.06. The van der Waals surface area contributed by atoms with Gasteiger partial charge < -0.3 is 16.2 Å². The fraction of sp³-hybridized carbons (Fsp3) is 0. The molecule has 0 aliphatic rings. The number of carbonyl (C=O) groups excluding carboxylic acids is 1. The molecule has 0 bridgehead atoms. The van der Waals surface area contributed by atoms with Gasteiger partial charge in [-0.05, 0) is 12.1 Å². The zero-order chi connectivity index (χ0) is 11.5. The summed E-state index contributed by atoms with van der Waals surface area (Å²) >= 11 is 0. The van der Waals surface area contributed by atoms with Crippen LogP contribution in [0.4, 0.5) is 11.5 Å². The molecule has 2 rings (SSSR count). The number of benzene rings is 1. The van der Waals surface area contributed by atoms with Gasteiger partial charge in [0.15, 0.2) is 5.75 Å². The molecular formula is C10H10N4O2. The highest BCUT2D eigenvalue weighted by Crippen LogP contribution is 2.24. The minimum absolute atomic E-state index is 0.120. The van der Waals surface area contributed by atoms with Crippen LogP contribution in [0.3, 0.4) is 0 Å². The van der Waals surface area contributed by atoms with E-state index < -0.39 is 5.91 Å². The van der Waals surface area contributed by atoms with E-state index in [1.54, 1.807) is 12.1 Å². The lowest BCUT2D eigenvalue weighted by atomic mass is 10.1. The summed E-state index contributed by atoms with van der Waals surface area (Å²) in [5.74, 6) is -0.222. The number of hydrogen-bond donors (Lipinski definition) is 4. The number of carbonyl (C=O) groups is 1. The second-order valence-electron chi connectivity index (χ2n) is 3.17. The van der Waals surface area contributed by atoms with E-state index >= 15 is 0 Å². The lowest BCUT2D eigenvalue weighted by molar-refractivity contribution is 0.102. The highest BCUT2D eigenvalue weighted by atomic mass is 16.3. The molecule has 0 saturated carbocycles. The number of aromatic nitrogens is 2. The highest BCUT2D eigenvalue weighted by Gasteiger charge is 2.13. The van der Waals surface area contributed by atoms with E-state index in [4.69, 9.17) is 5.73 Å². The largest absolute Gasteiger partial charge is 0.505 e. The number of nitrogens with one attached hydrogen (secondary N) is 2. The van der Waals surface area contributed by atoms with Crippen molar-refractivity contribution in [3.8, 4) is 5.75 Å². The third-order valence-electron chi connectivity index (χ3n) is 2.06. The molecule has 2 aromatic rings. The van der Waals surface area contributed by atoms with Gasteiger partial charge in [-0.2, -0.15) is 5.10 Å². The SMILES string of the molecule is Nc1cccc(C(=O)Nc2ccn[nH]2)c1O. The summed E-state index contributed by atoms with van der Waals surface area (Å²) < 4.78 is 0. The van der Waals surface area contributed by atoms with Crippen molar-refractivity contribution < 1.29 is 9.90 Å². The number of H-pyrrole nitrogens is 1. The maximum atomic E-state index is 11.7. The molecule has 0 spiro atoms. The van der Waals surface area contributed by atoms with Crippen molar-refractivity contribution >= 4 is 17.4 Å². The standard InChI is InChI=1S/C10H10N4O2/c11-7-3-1-2-6(9(7)15)10(16)13-8-4-5-12-14-8/h1-5,15H,11H2,(H2,12,13,14,16). The number of amides is 1. The second kappa shape index (κ2) is 3.93. The summed E-state index contributed by atoms with van der Waals surface area (Å²) in [6.45, 7) is 0. The number of rotatable bonds is 2. The molecule has 82 valence electrons. The smallest absolute Gasteiger partial charge is 0.260 e. The van der Waals surface area contributed by atoms with Crippen molar-refractivity contribution in [1.29, 1.82) is 0 Å². The number of phenols is 1. The van der Waals surface area contributed by atoms with Crippen LogP contribution >= 0.6 is 0 Å². The minimum Gasteiger partial charge on any atom is -0.505 e. The Hall–Kier alpha value is -2.50. The Morgan fingerprint density at radius 1 is 1.44 bits per heavy atom. The predicted octanol–water partition coefficient (Wildman–Crippen LogP) is 0.950. The number of hydrogen-bond acceptors (Lipinski definition) is 4. The summed E-state index contributed by atoms with van der Waals surface area (Å²) in [7, 11) is 0. The van der Waals surface area contributed by atoms with Crippen LogP contribution in [-0.4, -0.2) is 21.2 Å². The van der Waals surface area contributed by atoms with Gasteiger partial charge in [0, 0.05) is 6.07 Å². The van der Waals surface area contributed by atoms with Crippen molar-refractivity contribution in [2.75, 3.05) is 11.1 Å². The molecular weight excluding hydrogens is 208 g/mol. The summed E-state index contributed by atoms with van der Waals surface area (Å²) in [6.07, 6.45) is 1.51. The van der Waals surface area contributed by atoms with Crippen molar-refractivity contribution in [1.82, 2.24) is 10.2 Å². The number of aromatic hydroxyl groups is 1. The van der Waals surface area contributed by atoms with Gasteiger partial charge in [-0.15, -0.1) is 0 Å². The van der Waals surface area contributed by atoms with Gasteiger partial charge in [0.2, 0.25) is 0 Å². The zero-order valence-electron chi connectivity index (χ0n) is 8.27. The maximum Gasteiger partial charge on any atom is 0.260 e. The Morgan fingerprint density at radius 3 is 2.94 bits per heavy atom. The fourth-order valence-corrected chi connectivity index (χ4v) is 1.26. The van der Waals surface area contributed by atoms with Crippen LogP contribution in [0.5, 0.6) is 5.75 Å². The molecule has 0 saturated heterocycles. The highest BCUT2D eigenvalue weighted by molar-refractivity contribution is 6.06. The number of phenolic OH excluding ortho intramolecular Hbond substituents is 1. The molecule has 0 atom stereocenters. The molecule has 1 aromatic heterocycles. The van der Waals surface area contributed by atoms with Gasteiger partial charge in [-0.3, -0.25) is 9.89 Å². The maximum absolute atomic E-state index is 11.7. The van der Waals surface area contributed by atoms with Gasteiger partial charge in [-0.25, -0.2) is 0 Å².